The number of aryl methyl sites for hydroxylation is 1. The van der Waals surface area contributed by atoms with Gasteiger partial charge in [0.1, 0.15) is 0 Å². The molecule has 5 heteroatoms. The Morgan fingerprint density at radius 2 is 2.10 bits per heavy atom. The molecule has 0 unspecified atom stereocenters. The molecule has 0 aliphatic rings. The van der Waals surface area contributed by atoms with E-state index in [0.717, 1.165) is 10.1 Å². The number of carboxylic acid groups (broad SMARTS) is 1. The zero-order valence-electron chi connectivity index (χ0n) is 11.3. The summed E-state index contributed by atoms with van der Waals surface area (Å²) in [5, 5.41) is 14.2. The van der Waals surface area contributed by atoms with E-state index in [-0.39, 0.29) is 12.3 Å². The molecule has 0 saturated heterocycles. The summed E-state index contributed by atoms with van der Waals surface area (Å²) in [6.07, 6.45) is 1.41. The van der Waals surface area contributed by atoms with Gasteiger partial charge in [0.15, 0.2) is 0 Å². The molecule has 1 heterocycles. The van der Waals surface area contributed by atoms with Crippen LogP contribution in [0.5, 0.6) is 0 Å². The molecule has 20 heavy (non-hydrogen) atoms. The first-order valence-corrected chi connectivity index (χ1v) is 7.44. The molecule has 106 valence electrons. The minimum Gasteiger partial charge on any atom is -0.481 e. The van der Waals surface area contributed by atoms with Gasteiger partial charge in [-0.05, 0) is 31.4 Å². The van der Waals surface area contributed by atoms with E-state index in [1.54, 1.807) is 11.3 Å². The van der Waals surface area contributed by atoms with Crippen molar-refractivity contribution < 1.29 is 14.7 Å². The zero-order valence-corrected chi connectivity index (χ0v) is 12.1. The number of aliphatic carboxylic acids is 1. The van der Waals surface area contributed by atoms with E-state index in [1.165, 1.54) is 5.56 Å². The molecule has 1 aromatic carbocycles. The molecule has 1 amide bonds. The van der Waals surface area contributed by atoms with Crippen molar-refractivity contribution >= 4 is 33.3 Å². The Balaban J connectivity index is 1.93. The third-order valence-electron chi connectivity index (χ3n) is 3.08. The highest BCUT2D eigenvalue weighted by Gasteiger charge is 2.11. The quantitative estimate of drug-likeness (QED) is 0.803. The van der Waals surface area contributed by atoms with Gasteiger partial charge >= 0.3 is 5.97 Å². The highest BCUT2D eigenvalue weighted by Crippen LogP contribution is 2.26. The predicted octanol–water partition coefficient (Wildman–Crippen LogP) is 3.19. The third-order valence-corrected chi connectivity index (χ3v) is 4.02. The van der Waals surface area contributed by atoms with Crippen molar-refractivity contribution in [3.8, 4) is 0 Å². The van der Waals surface area contributed by atoms with Crippen molar-refractivity contribution in [1.29, 1.82) is 0 Å². The summed E-state index contributed by atoms with van der Waals surface area (Å²) in [6, 6.07) is 6.04. The molecular weight excluding hydrogens is 274 g/mol. The first-order chi connectivity index (χ1) is 9.58. The second-order valence-electron chi connectivity index (χ2n) is 4.76. The summed E-state index contributed by atoms with van der Waals surface area (Å²) in [5.74, 6) is -0.883. The van der Waals surface area contributed by atoms with Crippen molar-refractivity contribution in [3.63, 3.8) is 0 Å². The van der Waals surface area contributed by atoms with Gasteiger partial charge < -0.3 is 10.4 Å². The first kappa shape index (κ1) is 14.5. The van der Waals surface area contributed by atoms with Crippen molar-refractivity contribution in [3.05, 3.63) is 34.7 Å². The van der Waals surface area contributed by atoms with E-state index in [2.05, 4.69) is 11.4 Å². The molecule has 0 spiro atoms. The van der Waals surface area contributed by atoms with Crippen LogP contribution in [0.15, 0.2) is 23.6 Å². The number of hydrogen-bond acceptors (Lipinski definition) is 3. The summed E-state index contributed by atoms with van der Waals surface area (Å²) in [6.45, 7) is 2.54. The topological polar surface area (TPSA) is 66.4 Å². The van der Waals surface area contributed by atoms with Gasteiger partial charge in [-0.3, -0.25) is 9.59 Å². The summed E-state index contributed by atoms with van der Waals surface area (Å²) >= 11 is 1.57. The maximum Gasteiger partial charge on any atom is 0.303 e. The van der Waals surface area contributed by atoms with Gasteiger partial charge in [-0.2, -0.15) is 0 Å². The fourth-order valence-electron chi connectivity index (χ4n) is 2.01. The van der Waals surface area contributed by atoms with Crippen LogP contribution in [0.25, 0.3) is 10.1 Å². The lowest BCUT2D eigenvalue weighted by molar-refractivity contribution is -0.137. The number of benzene rings is 1. The Morgan fingerprint density at radius 1 is 1.30 bits per heavy atom. The fraction of sp³-hybridized carbons (Fsp3) is 0.333. The van der Waals surface area contributed by atoms with E-state index >= 15 is 0 Å². The maximum absolute atomic E-state index is 12.1. The Labute approximate surface area is 121 Å². The molecular formula is C15H17NO3S. The normalized spacial score (nSPS) is 10.7. The molecule has 2 aromatic rings. The Morgan fingerprint density at radius 3 is 2.85 bits per heavy atom. The summed E-state index contributed by atoms with van der Waals surface area (Å²) in [7, 11) is 0. The first-order valence-electron chi connectivity index (χ1n) is 6.56. The van der Waals surface area contributed by atoms with Gasteiger partial charge in [-0.25, -0.2) is 0 Å². The molecule has 0 aliphatic heterocycles. The van der Waals surface area contributed by atoms with Crippen LogP contribution in [-0.2, 0) is 4.79 Å². The maximum atomic E-state index is 12.1. The van der Waals surface area contributed by atoms with Crippen LogP contribution >= 0.6 is 11.3 Å². The lowest BCUT2D eigenvalue weighted by atomic mass is 10.1. The largest absolute Gasteiger partial charge is 0.481 e. The molecule has 2 N–H and O–H groups in total. The predicted molar refractivity (Wildman–Crippen MR) is 80.4 cm³/mol. The number of carbonyl (C=O) groups excluding carboxylic acids is 1. The van der Waals surface area contributed by atoms with Crippen LogP contribution in [0.1, 0.15) is 35.2 Å². The number of amides is 1. The Kier molecular flexibility index (Phi) is 4.74. The van der Waals surface area contributed by atoms with Gasteiger partial charge in [0.05, 0.1) is 5.56 Å². The summed E-state index contributed by atoms with van der Waals surface area (Å²) in [4.78, 5) is 22.5. The van der Waals surface area contributed by atoms with Gasteiger partial charge in [0, 0.05) is 28.4 Å². The smallest absolute Gasteiger partial charge is 0.303 e. The van der Waals surface area contributed by atoms with Crippen molar-refractivity contribution in [2.24, 2.45) is 0 Å². The van der Waals surface area contributed by atoms with E-state index in [4.69, 9.17) is 5.11 Å². The second kappa shape index (κ2) is 6.52. The number of thiophene rings is 1. The van der Waals surface area contributed by atoms with Gasteiger partial charge in [-0.1, -0.05) is 12.1 Å². The number of rotatable bonds is 6. The van der Waals surface area contributed by atoms with Crippen LogP contribution in [0.2, 0.25) is 0 Å². The fourth-order valence-corrected chi connectivity index (χ4v) is 3.05. The molecule has 4 nitrogen and oxygen atoms in total. The Hall–Kier alpha value is -1.88. The third kappa shape index (κ3) is 3.57. The summed E-state index contributed by atoms with van der Waals surface area (Å²) < 4.78 is 1.11. The number of nitrogens with one attached hydrogen (secondary N) is 1. The standard InChI is InChI=1S/C15H17NO3S/c1-10-5-6-11-12(9-20-13(11)8-10)15(19)16-7-3-2-4-14(17)18/h5-6,8-9H,2-4,7H2,1H3,(H,16,19)(H,17,18). The monoisotopic (exact) mass is 291 g/mol. The van der Waals surface area contributed by atoms with Crippen molar-refractivity contribution in [2.75, 3.05) is 6.54 Å². The SMILES string of the molecule is Cc1ccc2c(C(=O)NCCCCC(=O)O)csc2c1. The molecule has 0 bridgehead atoms. The van der Waals surface area contributed by atoms with E-state index in [0.29, 0.717) is 24.9 Å². The minimum absolute atomic E-state index is 0.0876. The van der Waals surface area contributed by atoms with Gasteiger partial charge in [0.2, 0.25) is 0 Å². The average molecular weight is 291 g/mol. The number of fused-ring (bicyclic) bond motifs is 1. The molecule has 0 aliphatic carbocycles. The van der Waals surface area contributed by atoms with Crippen molar-refractivity contribution in [1.82, 2.24) is 5.32 Å². The number of hydrogen-bond donors (Lipinski definition) is 2. The van der Waals surface area contributed by atoms with E-state index < -0.39 is 5.97 Å². The summed E-state index contributed by atoms with van der Waals surface area (Å²) in [5.41, 5.74) is 1.88. The second-order valence-corrected chi connectivity index (χ2v) is 5.67. The van der Waals surface area contributed by atoms with Crippen LogP contribution in [0.4, 0.5) is 0 Å². The van der Waals surface area contributed by atoms with Gasteiger partial charge in [-0.15, -0.1) is 11.3 Å². The van der Waals surface area contributed by atoms with Crippen molar-refractivity contribution in [2.45, 2.75) is 26.2 Å². The van der Waals surface area contributed by atoms with Gasteiger partial charge in [0.25, 0.3) is 5.91 Å². The zero-order chi connectivity index (χ0) is 14.5. The van der Waals surface area contributed by atoms with E-state index in [1.807, 2.05) is 24.4 Å². The van der Waals surface area contributed by atoms with Crippen LogP contribution in [0.3, 0.4) is 0 Å². The average Bonchev–Trinajstić information content (AvgIpc) is 2.80. The molecule has 0 saturated carbocycles. The Bertz CT molecular complexity index is 633. The molecule has 0 atom stereocenters. The molecule has 1 aromatic heterocycles. The molecule has 2 rings (SSSR count). The highest BCUT2D eigenvalue weighted by molar-refractivity contribution is 7.17. The van der Waals surface area contributed by atoms with E-state index in [9.17, 15) is 9.59 Å². The number of unbranched alkanes of at least 4 members (excludes halogenated alkanes) is 1. The minimum atomic E-state index is -0.796. The molecule has 0 fully saturated rings. The number of carboxylic acids is 1. The number of carbonyl (C=O) groups is 2. The lowest BCUT2D eigenvalue weighted by Gasteiger charge is -2.04. The highest BCUT2D eigenvalue weighted by atomic mass is 32.1. The van der Waals surface area contributed by atoms with Crippen LogP contribution < -0.4 is 5.32 Å². The molecule has 0 radical (unpaired) electrons. The van der Waals surface area contributed by atoms with Crippen LogP contribution in [0, 0.1) is 6.92 Å². The van der Waals surface area contributed by atoms with Crippen LogP contribution in [-0.4, -0.2) is 23.5 Å². The lowest BCUT2D eigenvalue weighted by Crippen LogP contribution is -2.24.